The van der Waals surface area contributed by atoms with Crippen molar-refractivity contribution in [2.24, 2.45) is 5.41 Å². The number of phenolic OH excluding ortho intramolecular Hbond substituents is 1. The Morgan fingerprint density at radius 3 is 2.64 bits per heavy atom. The van der Waals surface area contributed by atoms with Crippen LogP contribution in [0.3, 0.4) is 0 Å². The Morgan fingerprint density at radius 2 is 2.14 bits per heavy atom. The predicted octanol–water partition coefficient (Wildman–Crippen LogP) is 2.10. The molecule has 1 saturated carbocycles. The predicted molar refractivity (Wildman–Crippen MR) is 55.2 cm³/mol. The Kier molecular flexibility index (Phi) is 2.23. The van der Waals surface area contributed by atoms with Crippen molar-refractivity contribution in [1.82, 2.24) is 0 Å². The van der Waals surface area contributed by atoms with E-state index >= 15 is 0 Å². The molecule has 1 aromatic carbocycles. The van der Waals surface area contributed by atoms with Crippen LogP contribution in [-0.4, -0.2) is 16.3 Å². The van der Waals surface area contributed by atoms with Gasteiger partial charge >= 0.3 is 0 Å². The second-order valence-corrected chi connectivity index (χ2v) is 4.39. The van der Waals surface area contributed by atoms with Crippen molar-refractivity contribution in [2.75, 3.05) is 0 Å². The van der Waals surface area contributed by atoms with E-state index in [0.717, 1.165) is 24.8 Å². The molecule has 1 atom stereocenters. The second kappa shape index (κ2) is 3.28. The van der Waals surface area contributed by atoms with Gasteiger partial charge in [-0.3, -0.25) is 0 Å². The fraction of sp³-hybridized carbons (Fsp3) is 0.500. The van der Waals surface area contributed by atoms with E-state index in [9.17, 15) is 10.2 Å². The maximum Gasteiger partial charge on any atom is 0.115 e. The zero-order chi connectivity index (χ0) is 10.2. The Morgan fingerprint density at radius 1 is 1.43 bits per heavy atom. The van der Waals surface area contributed by atoms with Crippen molar-refractivity contribution in [1.29, 1.82) is 0 Å². The summed E-state index contributed by atoms with van der Waals surface area (Å²) in [5, 5.41) is 18.9. The molecule has 0 heterocycles. The van der Waals surface area contributed by atoms with E-state index in [0.29, 0.717) is 5.75 Å². The van der Waals surface area contributed by atoms with Crippen LogP contribution in [0.5, 0.6) is 5.75 Å². The van der Waals surface area contributed by atoms with Crippen molar-refractivity contribution in [3.05, 3.63) is 29.8 Å². The summed E-state index contributed by atoms with van der Waals surface area (Å²) in [6.45, 7) is 1.86. The van der Waals surface area contributed by atoms with Crippen LogP contribution >= 0.6 is 0 Å². The van der Waals surface area contributed by atoms with Gasteiger partial charge in [-0.15, -0.1) is 0 Å². The number of aliphatic hydroxyl groups is 1. The lowest BCUT2D eigenvalue weighted by molar-refractivity contribution is 0.110. The van der Waals surface area contributed by atoms with Crippen LogP contribution in [0.25, 0.3) is 0 Å². The van der Waals surface area contributed by atoms with Crippen LogP contribution in [0.1, 0.15) is 25.3 Å². The Labute approximate surface area is 84.2 Å². The lowest BCUT2D eigenvalue weighted by Crippen LogP contribution is -2.20. The molecular formula is C12H16O2. The topological polar surface area (TPSA) is 40.5 Å². The van der Waals surface area contributed by atoms with Crippen LogP contribution in [0.4, 0.5) is 0 Å². The highest BCUT2D eigenvalue weighted by Gasteiger charge is 2.46. The minimum Gasteiger partial charge on any atom is -0.508 e. The van der Waals surface area contributed by atoms with Crippen molar-refractivity contribution < 1.29 is 10.2 Å². The van der Waals surface area contributed by atoms with E-state index in [2.05, 4.69) is 0 Å². The molecule has 0 radical (unpaired) electrons. The van der Waals surface area contributed by atoms with Gasteiger partial charge in [-0.1, -0.05) is 12.1 Å². The first-order valence-corrected chi connectivity index (χ1v) is 5.08. The summed E-state index contributed by atoms with van der Waals surface area (Å²) in [6, 6.07) is 7.30. The molecule has 1 fully saturated rings. The maximum atomic E-state index is 9.61. The fourth-order valence-electron chi connectivity index (χ4n) is 1.98. The van der Waals surface area contributed by atoms with E-state index in [1.165, 1.54) is 0 Å². The Balaban J connectivity index is 2.11. The van der Waals surface area contributed by atoms with E-state index in [1.54, 1.807) is 12.1 Å². The summed E-state index contributed by atoms with van der Waals surface area (Å²) in [7, 11) is 0. The molecule has 0 bridgehead atoms. The average molecular weight is 192 g/mol. The SMILES string of the molecule is CC(O)C1(Cc2cccc(O)c2)CC1. The van der Waals surface area contributed by atoms with Crippen molar-refractivity contribution >= 4 is 0 Å². The molecule has 2 N–H and O–H groups in total. The van der Waals surface area contributed by atoms with Gasteiger partial charge in [-0.05, 0) is 43.9 Å². The zero-order valence-electron chi connectivity index (χ0n) is 8.40. The molecule has 0 aliphatic heterocycles. The van der Waals surface area contributed by atoms with E-state index in [-0.39, 0.29) is 11.5 Å². The first-order valence-electron chi connectivity index (χ1n) is 5.08. The third-order valence-electron chi connectivity index (χ3n) is 3.25. The molecule has 0 saturated heterocycles. The quantitative estimate of drug-likeness (QED) is 0.770. The van der Waals surface area contributed by atoms with E-state index in [1.807, 2.05) is 19.1 Å². The van der Waals surface area contributed by atoms with Gasteiger partial charge in [0.2, 0.25) is 0 Å². The fourth-order valence-corrected chi connectivity index (χ4v) is 1.98. The number of hydrogen-bond donors (Lipinski definition) is 2. The van der Waals surface area contributed by atoms with Gasteiger partial charge < -0.3 is 10.2 Å². The van der Waals surface area contributed by atoms with Gasteiger partial charge in [0.15, 0.2) is 0 Å². The second-order valence-electron chi connectivity index (χ2n) is 4.39. The lowest BCUT2D eigenvalue weighted by Gasteiger charge is -2.18. The minimum atomic E-state index is -0.246. The van der Waals surface area contributed by atoms with Gasteiger partial charge in [0.05, 0.1) is 6.10 Å². The summed E-state index contributed by atoms with van der Waals surface area (Å²) >= 11 is 0. The largest absolute Gasteiger partial charge is 0.508 e. The summed E-state index contributed by atoms with van der Waals surface area (Å²) in [5.74, 6) is 0.309. The van der Waals surface area contributed by atoms with Gasteiger partial charge in [-0.2, -0.15) is 0 Å². The molecule has 76 valence electrons. The Hall–Kier alpha value is -1.02. The summed E-state index contributed by atoms with van der Waals surface area (Å²) < 4.78 is 0. The first-order chi connectivity index (χ1) is 6.62. The molecule has 1 unspecified atom stereocenters. The third-order valence-corrected chi connectivity index (χ3v) is 3.25. The molecule has 2 nitrogen and oxygen atoms in total. The number of hydrogen-bond acceptors (Lipinski definition) is 2. The number of aliphatic hydroxyl groups excluding tert-OH is 1. The number of aromatic hydroxyl groups is 1. The third kappa shape index (κ3) is 1.75. The number of rotatable bonds is 3. The summed E-state index contributed by atoms with van der Waals surface area (Å²) in [4.78, 5) is 0. The molecule has 1 aliphatic rings. The molecule has 1 aliphatic carbocycles. The minimum absolute atomic E-state index is 0.0911. The van der Waals surface area contributed by atoms with Crippen LogP contribution in [0.15, 0.2) is 24.3 Å². The van der Waals surface area contributed by atoms with Gasteiger partial charge in [-0.25, -0.2) is 0 Å². The Bertz CT molecular complexity index is 327. The molecule has 2 heteroatoms. The molecule has 0 spiro atoms. The standard InChI is InChI=1S/C12H16O2/c1-9(13)12(5-6-12)8-10-3-2-4-11(14)7-10/h2-4,7,9,13-14H,5-6,8H2,1H3. The molecule has 1 aromatic rings. The smallest absolute Gasteiger partial charge is 0.115 e. The monoisotopic (exact) mass is 192 g/mol. The summed E-state index contributed by atoms with van der Waals surface area (Å²) in [5.41, 5.74) is 1.21. The number of phenols is 1. The van der Waals surface area contributed by atoms with Crippen LogP contribution in [0.2, 0.25) is 0 Å². The van der Waals surface area contributed by atoms with E-state index < -0.39 is 0 Å². The molecule has 2 rings (SSSR count). The highest BCUT2D eigenvalue weighted by atomic mass is 16.3. The van der Waals surface area contributed by atoms with Gasteiger partial charge in [0.1, 0.15) is 5.75 Å². The molecule has 0 aromatic heterocycles. The van der Waals surface area contributed by atoms with Crippen molar-refractivity contribution in [3.63, 3.8) is 0 Å². The lowest BCUT2D eigenvalue weighted by atomic mass is 9.92. The first kappa shape index (κ1) is 9.53. The van der Waals surface area contributed by atoms with Crippen molar-refractivity contribution in [3.8, 4) is 5.75 Å². The van der Waals surface area contributed by atoms with E-state index in [4.69, 9.17) is 0 Å². The molecule has 0 amide bonds. The van der Waals surface area contributed by atoms with Crippen molar-refractivity contribution in [2.45, 2.75) is 32.3 Å². The number of benzene rings is 1. The summed E-state index contributed by atoms with van der Waals surface area (Å²) in [6.07, 6.45) is 2.82. The van der Waals surface area contributed by atoms with Crippen LogP contribution < -0.4 is 0 Å². The maximum absolute atomic E-state index is 9.61. The normalized spacial score (nSPS) is 20.4. The highest BCUT2D eigenvalue weighted by molar-refractivity contribution is 5.29. The van der Waals surface area contributed by atoms with Crippen LogP contribution in [0, 0.1) is 5.41 Å². The van der Waals surface area contributed by atoms with Gasteiger partial charge in [0.25, 0.3) is 0 Å². The molecular weight excluding hydrogens is 176 g/mol. The van der Waals surface area contributed by atoms with Crippen LogP contribution in [-0.2, 0) is 6.42 Å². The zero-order valence-corrected chi connectivity index (χ0v) is 8.40. The molecule has 14 heavy (non-hydrogen) atoms. The van der Waals surface area contributed by atoms with Gasteiger partial charge in [0, 0.05) is 5.41 Å². The average Bonchev–Trinajstić information content (AvgIpc) is 2.85. The highest BCUT2D eigenvalue weighted by Crippen LogP contribution is 2.51.